The van der Waals surface area contributed by atoms with Gasteiger partial charge >= 0.3 is 6.18 Å². The second-order valence-corrected chi connectivity index (χ2v) is 5.57. The standard InChI is InChI=1S/C15H17F5N2O/c1-9(22-7-14(16,17)8-23)4-10-6-21-13-3-2-11(5-12(10)13)15(18,19)20/h2-3,5-6,9,21-23H,4,7-8H2,1H3/t9-/m1/s1. The van der Waals surface area contributed by atoms with Crippen molar-refractivity contribution in [2.24, 2.45) is 0 Å². The van der Waals surface area contributed by atoms with Gasteiger partial charge in [0.05, 0.1) is 12.1 Å². The maximum atomic E-state index is 13.0. The van der Waals surface area contributed by atoms with Crippen LogP contribution in [-0.4, -0.2) is 35.2 Å². The first-order chi connectivity index (χ1) is 10.6. The molecule has 0 spiro atoms. The first-order valence-corrected chi connectivity index (χ1v) is 7.02. The maximum Gasteiger partial charge on any atom is 0.416 e. The highest BCUT2D eigenvalue weighted by Crippen LogP contribution is 2.32. The number of hydrogen-bond donors (Lipinski definition) is 3. The second kappa shape index (κ2) is 6.45. The summed E-state index contributed by atoms with van der Waals surface area (Å²) < 4.78 is 64.3. The Morgan fingerprint density at radius 3 is 2.52 bits per heavy atom. The number of aromatic amines is 1. The molecule has 0 aliphatic carbocycles. The molecule has 1 aromatic heterocycles. The van der Waals surface area contributed by atoms with Crippen molar-refractivity contribution < 1.29 is 27.1 Å². The van der Waals surface area contributed by atoms with E-state index in [1.54, 1.807) is 13.1 Å². The Morgan fingerprint density at radius 2 is 1.91 bits per heavy atom. The molecule has 0 saturated carbocycles. The molecule has 0 saturated heterocycles. The van der Waals surface area contributed by atoms with Gasteiger partial charge in [-0.05, 0) is 37.1 Å². The van der Waals surface area contributed by atoms with E-state index in [1.807, 2.05) is 0 Å². The van der Waals surface area contributed by atoms with Crippen LogP contribution in [0.2, 0.25) is 0 Å². The SMILES string of the molecule is C[C@H](Cc1c[nH]c2ccc(C(F)(F)F)cc12)NCC(F)(F)CO. The van der Waals surface area contributed by atoms with Crippen molar-refractivity contribution in [1.29, 1.82) is 0 Å². The van der Waals surface area contributed by atoms with E-state index in [2.05, 4.69) is 10.3 Å². The van der Waals surface area contributed by atoms with Gasteiger partial charge in [0.15, 0.2) is 0 Å². The minimum atomic E-state index is -4.43. The van der Waals surface area contributed by atoms with Gasteiger partial charge in [-0.3, -0.25) is 0 Å². The third-order valence-corrected chi connectivity index (χ3v) is 3.56. The fourth-order valence-electron chi connectivity index (χ4n) is 2.31. The number of hydrogen-bond acceptors (Lipinski definition) is 2. The summed E-state index contributed by atoms with van der Waals surface area (Å²) in [5.41, 5.74) is 0.414. The molecule has 23 heavy (non-hydrogen) atoms. The minimum Gasteiger partial charge on any atom is -0.390 e. The molecule has 1 aromatic carbocycles. The van der Waals surface area contributed by atoms with Crippen LogP contribution in [0.1, 0.15) is 18.1 Å². The molecular weight excluding hydrogens is 319 g/mol. The summed E-state index contributed by atoms with van der Waals surface area (Å²) in [7, 11) is 0. The van der Waals surface area contributed by atoms with Crippen LogP contribution in [0.3, 0.4) is 0 Å². The van der Waals surface area contributed by atoms with Gasteiger partial charge in [0, 0.05) is 23.1 Å². The summed E-state index contributed by atoms with van der Waals surface area (Å²) in [6, 6.07) is 3.00. The second-order valence-electron chi connectivity index (χ2n) is 5.57. The van der Waals surface area contributed by atoms with Crippen LogP contribution in [0.4, 0.5) is 22.0 Å². The molecule has 1 atom stereocenters. The third-order valence-electron chi connectivity index (χ3n) is 3.56. The molecule has 3 N–H and O–H groups in total. The molecule has 1 heterocycles. The number of aliphatic hydroxyl groups is 1. The summed E-state index contributed by atoms with van der Waals surface area (Å²) in [5.74, 6) is -3.22. The molecule has 0 aliphatic rings. The van der Waals surface area contributed by atoms with Gasteiger partial charge in [0.1, 0.15) is 6.61 Å². The van der Waals surface area contributed by atoms with E-state index >= 15 is 0 Å². The first-order valence-electron chi connectivity index (χ1n) is 7.02. The molecule has 0 bridgehead atoms. The molecule has 0 fully saturated rings. The Bertz CT molecular complexity index is 665. The lowest BCUT2D eigenvalue weighted by atomic mass is 10.0. The minimum absolute atomic E-state index is 0.281. The number of benzene rings is 1. The van der Waals surface area contributed by atoms with Crippen LogP contribution in [0.5, 0.6) is 0 Å². The summed E-state index contributed by atoms with van der Waals surface area (Å²) in [4.78, 5) is 2.87. The zero-order valence-electron chi connectivity index (χ0n) is 12.3. The molecular formula is C15H17F5N2O. The first kappa shape index (κ1) is 17.7. The predicted octanol–water partition coefficient (Wildman–Crippen LogP) is 3.33. The Kier molecular flexibility index (Phi) is 4.95. The maximum absolute atomic E-state index is 13.0. The molecule has 0 radical (unpaired) electrons. The molecule has 3 nitrogen and oxygen atoms in total. The fraction of sp³-hybridized carbons (Fsp3) is 0.467. The lowest BCUT2D eigenvalue weighted by Gasteiger charge is -2.18. The van der Waals surface area contributed by atoms with Gasteiger partial charge in [-0.25, -0.2) is 8.78 Å². The average Bonchev–Trinajstić information content (AvgIpc) is 2.87. The Hall–Kier alpha value is -1.67. The molecule has 2 rings (SSSR count). The van der Waals surface area contributed by atoms with E-state index in [4.69, 9.17) is 5.11 Å². The van der Waals surface area contributed by atoms with Crippen LogP contribution in [0.15, 0.2) is 24.4 Å². The van der Waals surface area contributed by atoms with Gasteiger partial charge in [-0.1, -0.05) is 0 Å². The normalized spacial score (nSPS) is 14.4. The van der Waals surface area contributed by atoms with Crippen molar-refractivity contribution in [3.05, 3.63) is 35.5 Å². The smallest absolute Gasteiger partial charge is 0.390 e. The van der Waals surface area contributed by atoms with Gasteiger partial charge in [-0.2, -0.15) is 13.2 Å². The van der Waals surface area contributed by atoms with Crippen molar-refractivity contribution in [1.82, 2.24) is 10.3 Å². The summed E-state index contributed by atoms with van der Waals surface area (Å²) in [6.07, 6.45) is -2.58. The van der Waals surface area contributed by atoms with E-state index in [0.717, 1.165) is 12.1 Å². The molecule has 128 valence electrons. The monoisotopic (exact) mass is 336 g/mol. The lowest BCUT2D eigenvalue weighted by molar-refractivity contribution is -0.137. The third kappa shape index (κ3) is 4.42. The Labute approximate surface area is 129 Å². The summed E-state index contributed by atoms with van der Waals surface area (Å²) in [5, 5.41) is 11.5. The summed E-state index contributed by atoms with van der Waals surface area (Å²) >= 11 is 0. The van der Waals surface area contributed by atoms with Crippen LogP contribution in [0.25, 0.3) is 10.9 Å². The molecule has 0 aliphatic heterocycles. The molecule has 0 unspecified atom stereocenters. The number of rotatable bonds is 6. The fourth-order valence-corrected chi connectivity index (χ4v) is 2.31. The van der Waals surface area contributed by atoms with E-state index in [-0.39, 0.29) is 12.5 Å². The van der Waals surface area contributed by atoms with Gasteiger partial charge in [-0.15, -0.1) is 0 Å². The van der Waals surface area contributed by atoms with E-state index in [1.165, 1.54) is 6.07 Å². The molecule has 2 aromatic rings. The number of alkyl halides is 5. The number of halogens is 5. The number of nitrogens with one attached hydrogen (secondary N) is 2. The average molecular weight is 336 g/mol. The number of fused-ring (bicyclic) bond motifs is 1. The topological polar surface area (TPSA) is 48.0 Å². The number of aromatic nitrogens is 1. The molecule has 8 heteroatoms. The highest BCUT2D eigenvalue weighted by molar-refractivity contribution is 5.84. The van der Waals surface area contributed by atoms with E-state index in [0.29, 0.717) is 16.5 Å². The van der Waals surface area contributed by atoms with Crippen molar-refractivity contribution >= 4 is 10.9 Å². The van der Waals surface area contributed by atoms with Gasteiger partial charge < -0.3 is 15.4 Å². The zero-order valence-corrected chi connectivity index (χ0v) is 12.3. The van der Waals surface area contributed by atoms with Crippen molar-refractivity contribution in [2.75, 3.05) is 13.2 Å². The predicted molar refractivity (Wildman–Crippen MR) is 76.5 cm³/mol. The Balaban J connectivity index is 2.14. The largest absolute Gasteiger partial charge is 0.416 e. The van der Waals surface area contributed by atoms with Crippen molar-refractivity contribution in [2.45, 2.75) is 31.5 Å². The quantitative estimate of drug-likeness (QED) is 0.709. The summed E-state index contributed by atoms with van der Waals surface area (Å²) in [6.45, 7) is -0.296. The van der Waals surface area contributed by atoms with Gasteiger partial charge in [0.2, 0.25) is 0 Å². The number of aliphatic hydroxyl groups excluding tert-OH is 1. The lowest BCUT2D eigenvalue weighted by Crippen LogP contribution is -2.40. The highest BCUT2D eigenvalue weighted by Gasteiger charge is 2.31. The highest BCUT2D eigenvalue weighted by atomic mass is 19.4. The van der Waals surface area contributed by atoms with Crippen LogP contribution in [0, 0.1) is 0 Å². The van der Waals surface area contributed by atoms with Crippen LogP contribution >= 0.6 is 0 Å². The van der Waals surface area contributed by atoms with E-state index in [9.17, 15) is 22.0 Å². The van der Waals surface area contributed by atoms with Crippen LogP contribution in [-0.2, 0) is 12.6 Å². The molecule has 0 amide bonds. The van der Waals surface area contributed by atoms with Crippen molar-refractivity contribution in [3.63, 3.8) is 0 Å². The zero-order chi connectivity index (χ0) is 17.3. The van der Waals surface area contributed by atoms with Gasteiger partial charge in [0.25, 0.3) is 5.92 Å². The van der Waals surface area contributed by atoms with Crippen molar-refractivity contribution in [3.8, 4) is 0 Å². The Morgan fingerprint density at radius 1 is 1.22 bits per heavy atom. The number of H-pyrrole nitrogens is 1. The van der Waals surface area contributed by atoms with E-state index < -0.39 is 30.8 Å². The van der Waals surface area contributed by atoms with Crippen LogP contribution < -0.4 is 5.32 Å².